The molecule has 3 rings (SSSR count). The minimum Gasteiger partial charge on any atom is -0.368 e. The first kappa shape index (κ1) is 10.8. The Morgan fingerprint density at radius 2 is 2.06 bits per heavy atom. The van der Waals surface area contributed by atoms with Crippen molar-refractivity contribution >= 4 is 5.78 Å². The number of Topliss-reactive ketones (excluding diaryl/α,β-unsaturated/α-hetero) is 1. The summed E-state index contributed by atoms with van der Waals surface area (Å²) in [7, 11) is 0. The second kappa shape index (κ2) is 4.14. The fraction of sp³-hybridized carbons (Fsp3) is 0.929. The van der Waals surface area contributed by atoms with Crippen LogP contribution in [0, 0.1) is 17.8 Å². The highest BCUT2D eigenvalue weighted by Crippen LogP contribution is 2.49. The SMILES string of the molecule is CC1CCC(C(=O)CC2CC3CCC2C3)O1. The van der Waals surface area contributed by atoms with Crippen LogP contribution in [0.15, 0.2) is 0 Å². The van der Waals surface area contributed by atoms with Gasteiger partial charge in [0.1, 0.15) is 6.10 Å². The van der Waals surface area contributed by atoms with Crippen molar-refractivity contribution in [1.82, 2.24) is 0 Å². The van der Waals surface area contributed by atoms with Crippen LogP contribution in [0.4, 0.5) is 0 Å². The highest BCUT2D eigenvalue weighted by atomic mass is 16.5. The van der Waals surface area contributed by atoms with Crippen molar-refractivity contribution in [3.63, 3.8) is 0 Å². The number of fused-ring (bicyclic) bond motifs is 2. The van der Waals surface area contributed by atoms with Crippen LogP contribution in [0.1, 0.15) is 51.9 Å². The molecular weight excluding hydrogens is 200 g/mol. The zero-order valence-electron chi connectivity index (χ0n) is 10.2. The van der Waals surface area contributed by atoms with Crippen molar-refractivity contribution in [3.05, 3.63) is 0 Å². The molecule has 16 heavy (non-hydrogen) atoms. The zero-order chi connectivity index (χ0) is 11.1. The van der Waals surface area contributed by atoms with E-state index in [1.807, 2.05) is 0 Å². The molecule has 0 N–H and O–H groups in total. The Kier molecular flexibility index (Phi) is 2.78. The van der Waals surface area contributed by atoms with Gasteiger partial charge in [-0.15, -0.1) is 0 Å². The summed E-state index contributed by atoms with van der Waals surface area (Å²) in [6.07, 6.45) is 8.59. The highest BCUT2D eigenvalue weighted by Gasteiger charge is 2.41. The molecule has 3 aliphatic rings. The molecular formula is C14H22O2. The van der Waals surface area contributed by atoms with Crippen molar-refractivity contribution in [1.29, 1.82) is 0 Å². The van der Waals surface area contributed by atoms with E-state index in [0.29, 0.717) is 17.8 Å². The molecule has 2 bridgehead atoms. The van der Waals surface area contributed by atoms with Gasteiger partial charge in [-0.2, -0.15) is 0 Å². The maximum atomic E-state index is 12.1. The molecule has 5 atom stereocenters. The average Bonchev–Trinajstić information content (AvgIpc) is 2.92. The number of rotatable bonds is 3. The van der Waals surface area contributed by atoms with E-state index in [9.17, 15) is 4.79 Å². The van der Waals surface area contributed by atoms with Gasteiger partial charge in [0.25, 0.3) is 0 Å². The Bertz CT molecular complexity index is 286. The van der Waals surface area contributed by atoms with Crippen LogP contribution in [-0.2, 0) is 9.53 Å². The first-order valence-electron chi connectivity index (χ1n) is 6.90. The van der Waals surface area contributed by atoms with Gasteiger partial charge in [-0.3, -0.25) is 4.79 Å². The maximum absolute atomic E-state index is 12.1. The Morgan fingerprint density at radius 1 is 1.19 bits per heavy atom. The normalized spacial score (nSPS) is 46.4. The summed E-state index contributed by atoms with van der Waals surface area (Å²) >= 11 is 0. The van der Waals surface area contributed by atoms with E-state index in [0.717, 1.165) is 31.1 Å². The van der Waals surface area contributed by atoms with Gasteiger partial charge in [-0.1, -0.05) is 6.42 Å². The summed E-state index contributed by atoms with van der Waals surface area (Å²) in [4.78, 5) is 12.1. The van der Waals surface area contributed by atoms with Gasteiger partial charge in [0, 0.05) is 6.42 Å². The van der Waals surface area contributed by atoms with Gasteiger partial charge in [0.2, 0.25) is 0 Å². The third-order valence-corrected chi connectivity index (χ3v) is 4.94. The maximum Gasteiger partial charge on any atom is 0.161 e. The predicted molar refractivity (Wildman–Crippen MR) is 62.1 cm³/mol. The van der Waals surface area contributed by atoms with Gasteiger partial charge >= 0.3 is 0 Å². The summed E-state index contributed by atoms with van der Waals surface area (Å²) in [5.41, 5.74) is 0. The molecule has 0 aromatic heterocycles. The average molecular weight is 222 g/mol. The monoisotopic (exact) mass is 222 g/mol. The van der Waals surface area contributed by atoms with Crippen molar-refractivity contribution < 1.29 is 9.53 Å². The molecule has 90 valence electrons. The molecule has 1 saturated heterocycles. The summed E-state index contributed by atoms with van der Waals surface area (Å²) < 4.78 is 5.66. The molecule has 0 aromatic carbocycles. The number of hydrogen-bond donors (Lipinski definition) is 0. The van der Waals surface area contributed by atoms with Gasteiger partial charge < -0.3 is 4.74 Å². The van der Waals surface area contributed by atoms with Crippen LogP contribution in [0.2, 0.25) is 0 Å². The quantitative estimate of drug-likeness (QED) is 0.734. The smallest absolute Gasteiger partial charge is 0.161 e. The zero-order valence-corrected chi connectivity index (χ0v) is 10.2. The molecule has 3 fully saturated rings. The molecule has 2 saturated carbocycles. The lowest BCUT2D eigenvalue weighted by Gasteiger charge is -2.22. The Labute approximate surface area is 97.7 Å². The summed E-state index contributed by atoms with van der Waals surface area (Å²) in [6.45, 7) is 2.07. The van der Waals surface area contributed by atoms with E-state index in [2.05, 4.69) is 6.92 Å². The second-order valence-electron chi connectivity index (χ2n) is 6.12. The summed E-state index contributed by atoms with van der Waals surface area (Å²) in [5, 5.41) is 0. The van der Waals surface area contributed by atoms with E-state index in [-0.39, 0.29) is 6.10 Å². The third kappa shape index (κ3) is 1.92. The number of ketones is 1. The molecule has 2 aliphatic carbocycles. The van der Waals surface area contributed by atoms with E-state index >= 15 is 0 Å². The summed E-state index contributed by atoms with van der Waals surface area (Å²) in [6, 6.07) is 0. The third-order valence-electron chi connectivity index (χ3n) is 4.94. The largest absolute Gasteiger partial charge is 0.368 e. The molecule has 2 nitrogen and oxygen atoms in total. The van der Waals surface area contributed by atoms with Gasteiger partial charge in [0.05, 0.1) is 6.10 Å². The van der Waals surface area contributed by atoms with E-state index in [4.69, 9.17) is 4.74 Å². The van der Waals surface area contributed by atoms with Crippen LogP contribution in [-0.4, -0.2) is 18.0 Å². The second-order valence-corrected chi connectivity index (χ2v) is 6.12. The van der Waals surface area contributed by atoms with Crippen molar-refractivity contribution in [2.75, 3.05) is 0 Å². The Hall–Kier alpha value is -0.370. The molecule has 1 aliphatic heterocycles. The minimum atomic E-state index is -0.0610. The first-order chi connectivity index (χ1) is 7.72. The van der Waals surface area contributed by atoms with Crippen LogP contribution >= 0.6 is 0 Å². The van der Waals surface area contributed by atoms with E-state index in [1.165, 1.54) is 25.7 Å². The van der Waals surface area contributed by atoms with E-state index in [1.54, 1.807) is 0 Å². The Morgan fingerprint density at radius 3 is 2.62 bits per heavy atom. The van der Waals surface area contributed by atoms with Crippen molar-refractivity contribution in [2.24, 2.45) is 17.8 Å². The predicted octanol–water partition coefficient (Wildman–Crippen LogP) is 2.95. The fourth-order valence-corrected chi connectivity index (χ4v) is 4.06. The van der Waals surface area contributed by atoms with E-state index < -0.39 is 0 Å². The van der Waals surface area contributed by atoms with Gasteiger partial charge in [0.15, 0.2) is 5.78 Å². The van der Waals surface area contributed by atoms with Crippen LogP contribution in [0.3, 0.4) is 0 Å². The molecule has 0 aromatic rings. The molecule has 0 spiro atoms. The summed E-state index contributed by atoms with van der Waals surface area (Å²) in [5.74, 6) is 2.91. The lowest BCUT2D eigenvalue weighted by Crippen LogP contribution is -2.25. The molecule has 0 amide bonds. The molecule has 2 heteroatoms. The Balaban J connectivity index is 1.53. The molecule has 5 unspecified atom stereocenters. The van der Waals surface area contributed by atoms with Crippen molar-refractivity contribution in [2.45, 2.75) is 64.1 Å². The topological polar surface area (TPSA) is 26.3 Å². The van der Waals surface area contributed by atoms with Crippen LogP contribution in [0.25, 0.3) is 0 Å². The highest BCUT2D eigenvalue weighted by molar-refractivity contribution is 5.83. The van der Waals surface area contributed by atoms with Crippen molar-refractivity contribution in [3.8, 4) is 0 Å². The minimum absolute atomic E-state index is 0.0610. The van der Waals surface area contributed by atoms with Gasteiger partial charge in [-0.05, 0) is 56.8 Å². The number of ether oxygens (including phenoxy) is 1. The number of hydrogen-bond acceptors (Lipinski definition) is 2. The fourth-order valence-electron chi connectivity index (χ4n) is 4.06. The lowest BCUT2D eigenvalue weighted by molar-refractivity contribution is -0.130. The number of carbonyl (C=O) groups is 1. The molecule has 1 heterocycles. The lowest BCUT2D eigenvalue weighted by atomic mass is 9.84. The standard InChI is InChI=1S/C14H22O2/c1-9-2-5-14(16-9)13(15)8-12-7-10-3-4-11(12)6-10/h9-12,14H,2-8H2,1H3. The number of carbonyl (C=O) groups excluding carboxylic acids is 1. The molecule has 0 radical (unpaired) electrons. The van der Waals surface area contributed by atoms with Crippen LogP contribution in [0.5, 0.6) is 0 Å². The first-order valence-corrected chi connectivity index (χ1v) is 6.90. The van der Waals surface area contributed by atoms with Crippen LogP contribution < -0.4 is 0 Å². The van der Waals surface area contributed by atoms with Gasteiger partial charge in [-0.25, -0.2) is 0 Å².